The van der Waals surface area contributed by atoms with Crippen LogP contribution in [0.2, 0.25) is 0 Å². The lowest BCUT2D eigenvalue weighted by atomic mass is 10.2. The molecule has 5 nitrogen and oxygen atoms in total. The van der Waals surface area contributed by atoms with Crippen molar-refractivity contribution < 1.29 is 4.52 Å². The van der Waals surface area contributed by atoms with E-state index in [9.17, 15) is 0 Å². The van der Waals surface area contributed by atoms with Crippen molar-refractivity contribution in [3.05, 3.63) is 48.2 Å². The van der Waals surface area contributed by atoms with Gasteiger partial charge in [-0.05, 0) is 32.3 Å². The average molecular weight is 326 g/mol. The number of hydrogen-bond acceptors (Lipinski definition) is 5. The number of hydrogen-bond donors (Lipinski definition) is 0. The largest absolute Gasteiger partial charge is 0.338 e. The van der Waals surface area contributed by atoms with Gasteiger partial charge < -0.3 is 9.09 Å². The fourth-order valence-electron chi connectivity index (χ4n) is 2.63. The number of aromatic nitrogens is 4. The molecule has 1 aliphatic rings. The monoisotopic (exact) mass is 326 g/mol. The first-order valence-electron chi connectivity index (χ1n) is 7.82. The summed E-state index contributed by atoms with van der Waals surface area (Å²) in [6.07, 6.45) is 4.41. The molecular formula is C17H18N4OS. The summed E-state index contributed by atoms with van der Waals surface area (Å²) >= 11 is 1.68. The van der Waals surface area contributed by atoms with Crippen LogP contribution in [0.3, 0.4) is 0 Å². The van der Waals surface area contributed by atoms with Crippen LogP contribution in [0.15, 0.2) is 46.2 Å². The smallest absolute Gasteiger partial charge is 0.239 e. The molecule has 1 aromatic carbocycles. The zero-order chi connectivity index (χ0) is 15.8. The predicted molar refractivity (Wildman–Crippen MR) is 89.2 cm³/mol. The Kier molecular flexibility index (Phi) is 3.69. The summed E-state index contributed by atoms with van der Waals surface area (Å²) in [6, 6.07) is 11.0. The number of nitrogens with zero attached hydrogens (tertiary/aromatic N) is 4. The zero-order valence-electron chi connectivity index (χ0n) is 13.1. The van der Waals surface area contributed by atoms with Crippen LogP contribution in [0.25, 0.3) is 11.3 Å². The van der Waals surface area contributed by atoms with Gasteiger partial charge in [-0.3, -0.25) is 0 Å². The second-order valence-electron chi connectivity index (χ2n) is 5.83. The van der Waals surface area contributed by atoms with E-state index in [0.717, 1.165) is 5.16 Å². The molecule has 4 rings (SSSR count). The molecule has 1 fully saturated rings. The van der Waals surface area contributed by atoms with Crippen molar-refractivity contribution in [3.63, 3.8) is 0 Å². The van der Waals surface area contributed by atoms with Crippen LogP contribution >= 0.6 is 11.8 Å². The van der Waals surface area contributed by atoms with Crippen molar-refractivity contribution in [2.24, 2.45) is 0 Å². The second kappa shape index (κ2) is 5.85. The predicted octanol–water partition coefficient (Wildman–Crippen LogP) is 4.43. The molecule has 0 spiro atoms. The fourth-order valence-corrected chi connectivity index (χ4v) is 3.61. The quantitative estimate of drug-likeness (QED) is 0.649. The number of benzene rings is 1. The third kappa shape index (κ3) is 2.91. The Morgan fingerprint density at radius 1 is 1.26 bits per heavy atom. The molecule has 1 saturated carbocycles. The van der Waals surface area contributed by atoms with Gasteiger partial charge >= 0.3 is 0 Å². The molecule has 0 N–H and O–H groups in total. The van der Waals surface area contributed by atoms with Crippen LogP contribution in [0.4, 0.5) is 0 Å². The highest BCUT2D eigenvalue weighted by Gasteiger charge is 2.30. The molecule has 0 bridgehead atoms. The molecule has 2 aromatic heterocycles. The minimum Gasteiger partial charge on any atom is -0.338 e. The van der Waals surface area contributed by atoms with Gasteiger partial charge in [0.2, 0.25) is 5.89 Å². The molecule has 0 amide bonds. The first kappa shape index (κ1) is 14.5. The maximum atomic E-state index is 5.29. The van der Waals surface area contributed by atoms with Crippen molar-refractivity contribution in [1.29, 1.82) is 0 Å². The molecule has 3 aromatic rings. The van der Waals surface area contributed by atoms with Gasteiger partial charge in [0.1, 0.15) is 0 Å². The molecule has 118 valence electrons. The van der Waals surface area contributed by atoms with Crippen molar-refractivity contribution in [2.45, 2.75) is 43.1 Å². The Morgan fingerprint density at radius 3 is 2.70 bits per heavy atom. The number of thioether (sulfide) groups is 1. The lowest BCUT2D eigenvalue weighted by Crippen LogP contribution is -2.00. The molecule has 6 heteroatoms. The van der Waals surface area contributed by atoms with Crippen LogP contribution in [-0.4, -0.2) is 19.7 Å². The fraction of sp³-hybridized carbons (Fsp3) is 0.353. The lowest BCUT2D eigenvalue weighted by Gasteiger charge is -2.12. The molecule has 0 radical (unpaired) electrons. The van der Waals surface area contributed by atoms with E-state index in [2.05, 4.69) is 50.9 Å². The molecule has 1 aliphatic carbocycles. The van der Waals surface area contributed by atoms with Gasteiger partial charge in [0.25, 0.3) is 0 Å². The van der Waals surface area contributed by atoms with E-state index in [-0.39, 0.29) is 5.25 Å². The maximum Gasteiger partial charge on any atom is 0.239 e. The summed E-state index contributed by atoms with van der Waals surface area (Å²) < 4.78 is 7.65. The minimum atomic E-state index is 0.0831. The van der Waals surface area contributed by atoms with Crippen molar-refractivity contribution in [2.75, 3.05) is 0 Å². The van der Waals surface area contributed by atoms with Gasteiger partial charge in [0.05, 0.1) is 17.1 Å². The van der Waals surface area contributed by atoms with Crippen molar-refractivity contribution in [1.82, 2.24) is 19.7 Å². The van der Waals surface area contributed by atoms with Crippen molar-refractivity contribution in [3.8, 4) is 11.3 Å². The highest BCUT2D eigenvalue weighted by atomic mass is 32.2. The molecular weight excluding hydrogens is 308 g/mol. The topological polar surface area (TPSA) is 56.7 Å². The number of aryl methyl sites for hydroxylation is 1. The highest BCUT2D eigenvalue weighted by Crippen LogP contribution is 2.44. The first-order valence-corrected chi connectivity index (χ1v) is 8.70. The Hall–Kier alpha value is -2.08. The van der Waals surface area contributed by atoms with Gasteiger partial charge in [-0.25, -0.2) is 4.98 Å². The van der Waals surface area contributed by atoms with E-state index in [4.69, 9.17) is 4.52 Å². The van der Waals surface area contributed by atoms with Crippen LogP contribution in [0.5, 0.6) is 0 Å². The van der Waals surface area contributed by atoms with E-state index in [1.54, 1.807) is 11.8 Å². The van der Waals surface area contributed by atoms with E-state index < -0.39 is 0 Å². The highest BCUT2D eigenvalue weighted by molar-refractivity contribution is 7.99. The van der Waals surface area contributed by atoms with E-state index in [0.29, 0.717) is 17.8 Å². The lowest BCUT2D eigenvalue weighted by molar-refractivity contribution is 0.376. The van der Waals surface area contributed by atoms with Crippen LogP contribution in [0.1, 0.15) is 42.8 Å². The van der Waals surface area contributed by atoms with Crippen LogP contribution < -0.4 is 0 Å². The maximum absolute atomic E-state index is 5.29. The van der Waals surface area contributed by atoms with Crippen LogP contribution in [-0.2, 0) is 0 Å². The Morgan fingerprint density at radius 2 is 2.04 bits per heavy atom. The molecule has 2 heterocycles. The third-order valence-electron chi connectivity index (χ3n) is 3.92. The summed E-state index contributed by atoms with van der Waals surface area (Å²) in [4.78, 5) is 8.99. The van der Waals surface area contributed by atoms with Gasteiger partial charge in [0.15, 0.2) is 11.0 Å². The molecule has 23 heavy (non-hydrogen) atoms. The standard InChI is InChI=1S/C17H18N4OS/c1-11(16-19-12(2)20-22-16)23-17-18-10-15(21(17)14-8-9-14)13-6-4-3-5-7-13/h3-7,10-11,14H,8-9H2,1-2H3/t11-/m1/s1. The van der Waals surface area contributed by atoms with Gasteiger partial charge in [-0.1, -0.05) is 47.3 Å². The Labute approximate surface area is 139 Å². The number of rotatable bonds is 5. The third-order valence-corrected chi connectivity index (χ3v) is 4.99. The van der Waals surface area contributed by atoms with E-state index in [1.165, 1.54) is 24.1 Å². The summed E-state index contributed by atoms with van der Waals surface area (Å²) in [6.45, 7) is 3.91. The van der Waals surface area contributed by atoms with Gasteiger partial charge in [-0.2, -0.15) is 4.98 Å². The molecule has 0 aliphatic heterocycles. The summed E-state index contributed by atoms with van der Waals surface area (Å²) in [5.74, 6) is 1.32. The Balaban J connectivity index is 1.65. The first-order chi connectivity index (χ1) is 11.2. The number of imidazole rings is 1. The van der Waals surface area contributed by atoms with Gasteiger partial charge in [-0.15, -0.1) is 0 Å². The Bertz CT molecular complexity index is 807. The van der Waals surface area contributed by atoms with Crippen molar-refractivity contribution >= 4 is 11.8 Å². The summed E-state index contributed by atoms with van der Waals surface area (Å²) in [7, 11) is 0. The second-order valence-corrected chi connectivity index (χ2v) is 7.14. The molecule has 0 unspecified atom stereocenters. The average Bonchev–Trinajstić information content (AvgIpc) is 3.17. The molecule has 0 saturated heterocycles. The van der Waals surface area contributed by atoms with E-state index in [1.807, 2.05) is 19.2 Å². The minimum absolute atomic E-state index is 0.0831. The zero-order valence-corrected chi connectivity index (χ0v) is 14.0. The van der Waals surface area contributed by atoms with E-state index >= 15 is 0 Å². The summed E-state index contributed by atoms with van der Waals surface area (Å²) in [5.41, 5.74) is 2.39. The SMILES string of the molecule is Cc1noc([C@@H](C)Sc2ncc(-c3ccccc3)n2C2CC2)n1. The summed E-state index contributed by atoms with van der Waals surface area (Å²) in [5, 5.41) is 4.98. The van der Waals surface area contributed by atoms with Crippen LogP contribution in [0, 0.1) is 6.92 Å². The normalized spacial score (nSPS) is 15.7. The van der Waals surface area contributed by atoms with Gasteiger partial charge in [0, 0.05) is 6.04 Å². The molecule has 1 atom stereocenters.